The highest BCUT2D eigenvalue weighted by Crippen LogP contribution is 2.18. The monoisotopic (exact) mass is 407 g/mol. The van der Waals surface area contributed by atoms with E-state index in [2.05, 4.69) is 15.5 Å². The van der Waals surface area contributed by atoms with Crippen molar-refractivity contribution in [1.29, 1.82) is 0 Å². The van der Waals surface area contributed by atoms with Gasteiger partial charge < -0.3 is 15.0 Å². The SMILES string of the molecule is COCCN(CC(=O)Nc1cccc(C)c1C)C(=O)c1cnn(-c2ccccc2)n1. The lowest BCUT2D eigenvalue weighted by Crippen LogP contribution is -2.40. The van der Waals surface area contributed by atoms with Crippen LogP contribution in [0.5, 0.6) is 0 Å². The lowest BCUT2D eigenvalue weighted by Gasteiger charge is -2.21. The summed E-state index contributed by atoms with van der Waals surface area (Å²) in [7, 11) is 1.55. The van der Waals surface area contributed by atoms with Crippen molar-refractivity contribution >= 4 is 17.5 Å². The number of nitrogens with zero attached hydrogens (tertiary/aromatic N) is 4. The number of amides is 2. The number of para-hydroxylation sites is 1. The Kier molecular flexibility index (Phi) is 6.92. The molecule has 8 heteroatoms. The quantitative estimate of drug-likeness (QED) is 0.620. The minimum Gasteiger partial charge on any atom is -0.383 e. The number of benzene rings is 2. The molecule has 3 rings (SSSR count). The Morgan fingerprint density at radius 3 is 2.60 bits per heavy atom. The summed E-state index contributed by atoms with van der Waals surface area (Å²) in [6.45, 7) is 4.37. The van der Waals surface area contributed by atoms with Crippen LogP contribution in [0, 0.1) is 13.8 Å². The van der Waals surface area contributed by atoms with Crippen molar-refractivity contribution in [3.8, 4) is 5.69 Å². The van der Waals surface area contributed by atoms with Crippen LogP contribution in [0.2, 0.25) is 0 Å². The largest absolute Gasteiger partial charge is 0.383 e. The van der Waals surface area contributed by atoms with E-state index in [1.54, 1.807) is 7.11 Å². The Morgan fingerprint density at radius 2 is 1.87 bits per heavy atom. The van der Waals surface area contributed by atoms with E-state index in [0.717, 1.165) is 22.5 Å². The molecule has 0 aliphatic carbocycles. The summed E-state index contributed by atoms with van der Waals surface area (Å²) in [5.41, 5.74) is 3.71. The fourth-order valence-corrected chi connectivity index (χ4v) is 2.91. The second-order valence-electron chi connectivity index (χ2n) is 6.87. The molecular weight excluding hydrogens is 382 g/mol. The van der Waals surface area contributed by atoms with E-state index in [1.807, 2.05) is 62.4 Å². The van der Waals surface area contributed by atoms with Gasteiger partial charge in [-0.3, -0.25) is 9.59 Å². The van der Waals surface area contributed by atoms with Crippen LogP contribution < -0.4 is 5.32 Å². The Morgan fingerprint density at radius 1 is 1.10 bits per heavy atom. The topological polar surface area (TPSA) is 89.4 Å². The van der Waals surface area contributed by atoms with E-state index < -0.39 is 0 Å². The van der Waals surface area contributed by atoms with Gasteiger partial charge in [-0.05, 0) is 43.2 Å². The number of hydrogen-bond acceptors (Lipinski definition) is 5. The molecular formula is C22H25N5O3. The van der Waals surface area contributed by atoms with Crippen molar-refractivity contribution < 1.29 is 14.3 Å². The molecule has 156 valence electrons. The molecule has 0 atom stereocenters. The molecule has 2 amide bonds. The van der Waals surface area contributed by atoms with Gasteiger partial charge in [0.15, 0.2) is 5.69 Å². The van der Waals surface area contributed by atoms with E-state index in [1.165, 1.54) is 15.9 Å². The lowest BCUT2D eigenvalue weighted by atomic mass is 10.1. The smallest absolute Gasteiger partial charge is 0.276 e. The molecule has 0 unspecified atom stereocenters. The van der Waals surface area contributed by atoms with Crippen LogP contribution in [-0.4, -0.2) is 58.5 Å². The number of aromatic nitrogens is 3. The Balaban J connectivity index is 1.73. The van der Waals surface area contributed by atoms with Crippen molar-refractivity contribution in [3.63, 3.8) is 0 Å². The summed E-state index contributed by atoms with van der Waals surface area (Å²) < 4.78 is 5.10. The Labute approximate surface area is 175 Å². The van der Waals surface area contributed by atoms with Crippen LogP contribution in [0.15, 0.2) is 54.7 Å². The maximum absolute atomic E-state index is 13.0. The highest BCUT2D eigenvalue weighted by molar-refractivity contribution is 5.98. The predicted molar refractivity (Wildman–Crippen MR) is 114 cm³/mol. The summed E-state index contributed by atoms with van der Waals surface area (Å²) in [5.74, 6) is -0.672. The average molecular weight is 407 g/mol. The molecule has 0 aliphatic rings. The number of hydrogen-bond donors (Lipinski definition) is 1. The maximum Gasteiger partial charge on any atom is 0.276 e. The van der Waals surface area contributed by atoms with Gasteiger partial charge in [-0.1, -0.05) is 30.3 Å². The molecule has 1 heterocycles. The number of carbonyl (C=O) groups excluding carboxylic acids is 2. The molecule has 0 saturated carbocycles. The van der Waals surface area contributed by atoms with E-state index >= 15 is 0 Å². The molecule has 30 heavy (non-hydrogen) atoms. The predicted octanol–water partition coefficient (Wildman–Crippen LogP) is 2.61. The molecule has 0 radical (unpaired) electrons. The summed E-state index contributed by atoms with van der Waals surface area (Å²) in [6, 6.07) is 15.0. The molecule has 2 aromatic carbocycles. The normalized spacial score (nSPS) is 10.6. The Bertz CT molecular complexity index is 1020. The van der Waals surface area contributed by atoms with Gasteiger partial charge >= 0.3 is 0 Å². The maximum atomic E-state index is 13.0. The first-order valence-electron chi connectivity index (χ1n) is 9.61. The molecule has 1 N–H and O–H groups in total. The van der Waals surface area contributed by atoms with Crippen molar-refractivity contribution in [2.75, 3.05) is 32.1 Å². The fourth-order valence-electron chi connectivity index (χ4n) is 2.91. The number of aryl methyl sites for hydroxylation is 1. The second kappa shape index (κ2) is 9.80. The summed E-state index contributed by atoms with van der Waals surface area (Å²) in [5, 5.41) is 11.3. The molecule has 3 aromatic rings. The summed E-state index contributed by atoms with van der Waals surface area (Å²) in [4.78, 5) is 28.4. The highest BCUT2D eigenvalue weighted by Gasteiger charge is 2.22. The molecule has 0 aliphatic heterocycles. The zero-order valence-electron chi connectivity index (χ0n) is 17.3. The van der Waals surface area contributed by atoms with Crippen molar-refractivity contribution in [1.82, 2.24) is 19.9 Å². The van der Waals surface area contributed by atoms with Gasteiger partial charge in [0.1, 0.15) is 6.54 Å². The third kappa shape index (κ3) is 5.09. The lowest BCUT2D eigenvalue weighted by molar-refractivity contribution is -0.117. The van der Waals surface area contributed by atoms with Crippen molar-refractivity contribution in [3.05, 3.63) is 71.5 Å². The third-order valence-electron chi connectivity index (χ3n) is 4.76. The van der Waals surface area contributed by atoms with Crippen molar-refractivity contribution in [2.24, 2.45) is 0 Å². The molecule has 0 saturated heterocycles. The van der Waals surface area contributed by atoms with E-state index in [0.29, 0.717) is 6.61 Å². The first-order chi connectivity index (χ1) is 14.5. The number of ether oxygens (including phenoxy) is 1. The van der Waals surface area contributed by atoms with E-state index in [4.69, 9.17) is 4.74 Å². The average Bonchev–Trinajstić information content (AvgIpc) is 3.25. The van der Waals surface area contributed by atoms with Gasteiger partial charge in [0, 0.05) is 19.3 Å². The van der Waals surface area contributed by atoms with Gasteiger partial charge in [0.05, 0.1) is 18.5 Å². The van der Waals surface area contributed by atoms with Crippen LogP contribution in [0.3, 0.4) is 0 Å². The molecule has 8 nitrogen and oxygen atoms in total. The first-order valence-corrected chi connectivity index (χ1v) is 9.61. The zero-order chi connectivity index (χ0) is 21.5. The fraction of sp³-hybridized carbons (Fsp3) is 0.273. The Hall–Kier alpha value is -3.52. The first kappa shape index (κ1) is 21.2. The minimum absolute atomic E-state index is 0.117. The molecule has 0 spiro atoms. The minimum atomic E-state index is -0.384. The molecule has 1 aromatic heterocycles. The number of methoxy groups -OCH3 is 1. The van der Waals surface area contributed by atoms with Crippen LogP contribution >= 0.6 is 0 Å². The van der Waals surface area contributed by atoms with Gasteiger partial charge in [0.25, 0.3) is 5.91 Å². The van der Waals surface area contributed by atoms with Crippen LogP contribution in [-0.2, 0) is 9.53 Å². The molecule has 0 bridgehead atoms. The van der Waals surface area contributed by atoms with Crippen LogP contribution in [0.1, 0.15) is 21.6 Å². The van der Waals surface area contributed by atoms with Gasteiger partial charge in [-0.25, -0.2) is 0 Å². The van der Waals surface area contributed by atoms with Gasteiger partial charge in [0.2, 0.25) is 5.91 Å². The zero-order valence-corrected chi connectivity index (χ0v) is 17.3. The second-order valence-corrected chi connectivity index (χ2v) is 6.87. The van der Waals surface area contributed by atoms with Crippen LogP contribution in [0.4, 0.5) is 5.69 Å². The number of rotatable bonds is 8. The van der Waals surface area contributed by atoms with Crippen molar-refractivity contribution in [2.45, 2.75) is 13.8 Å². The molecule has 0 fully saturated rings. The summed E-state index contributed by atoms with van der Waals surface area (Å²) >= 11 is 0. The van der Waals surface area contributed by atoms with E-state index in [9.17, 15) is 9.59 Å². The van der Waals surface area contributed by atoms with Crippen LogP contribution in [0.25, 0.3) is 5.69 Å². The number of carbonyl (C=O) groups is 2. The standard InChI is InChI=1S/C22H25N5O3/c1-16-8-7-11-19(17(16)2)24-21(28)15-26(12-13-30-3)22(29)20-14-23-27(25-20)18-9-5-4-6-10-18/h4-11,14H,12-13,15H2,1-3H3,(H,24,28). The number of anilines is 1. The summed E-state index contributed by atoms with van der Waals surface area (Å²) in [6.07, 6.45) is 1.40. The van der Waals surface area contributed by atoms with Gasteiger partial charge in [-0.2, -0.15) is 9.90 Å². The number of nitrogens with one attached hydrogen (secondary N) is 1. The highest BCUT2D eigenvalue weighted by atomic mass is 16.5. The third-order valence-corrected chi connectivity index (χ3v) is 4.76. The van der Waals surface area contributed by atoms with E-state index in [-0.39, 0.29) is 30.6 Å². The van der Waals surface area contributed by atoms with Gasteiger partial charge in [-0.15, -0.1) is 5.10 Å².